The number of nitrogens with two attached hydrogens (primary N) is 1. The van der Waals surface area contributed by atoms with Crippen LogP contribution in [0.5, 0.6) is 11.5 Å². The summed E-state index contributed by atoms with van der Waals surface area (Å²) in [7, 11) is 1.46. The summed E-state index contributed by atoms with van der Waals surface area (Å²) in [5, 5.41) is 9.60. The molecule has 0 unspecified atom stereocenters. The first-order chi connectivity index (χ1) is 8.13. The van der Waals surface area contributed by atoms with Crippen molar-refractivity contribution in [1.82, 2.24) is 4.90 Å². The molecule has 5 heteroatoms. The maximum Gasteiger partial charge on any atom is 0.254 e. The van der Waals surface area contributed by atoms with E-state index in [-0.39, 0.29) is 11.7 Å². The van der Waals surface area contributed by atoms with Gasteiger partial charge in [0, 0.05) is 25.2 Å². The van der Waals surface area contributed by atoms with Gasteiger partial charge in [-0.15, -0.1) is 0 Å². The van der Waals surface area contributed by atoms with Gasteiger partial charge in [-0.25, -0.2) is 0 Å². The van der Waals surface area contributed by atoms with Crippen molar-refractivity contribution in [2.45, 2.75) is 6.92 Å². The lowest BCUT2D eigenvalue weighted by atomic mass is 10.1. The van der Waals surface area contributed by atoms with E-state index < -0.39 is 0 Å². The van der Waals surface area contributed by atoms with Crippen molar-refractivity contribution in [2.24, 2.45) is 5.73 Å². The summed E-state index contributed by atoms with van der Waals surface area (Å²) >= 11 is 0. The Morgan fingerprint density at radius 2 is 2.24 bits per heavy atom. The van der Waals surface area contributed by atoms with Gasteiger partial charge in [-0.3, -0.25) is 4.79 Å². The largest absolute Gasteiger partial charge is 0.504 e. The second kappa shape index (κ2) is 6.10. The third kappa shape index (κ3) is 3.10. The molecular weight excluding hydrogens is 220 g/mol. The number of carbonyl (C=O) groups excluding carboxylic acids is 1. The average molecular weight is 238 g/mol. The van der Waals surface area contributed by atoms with E-state index in [1.54, 1.807) is 17.0 Å². The number of methoxy groups -OCH3 is 1. The van der Waals surface area contributed by atoms with Gasteiger partial charge in [0.25, 0.3) is 5.91 Å². The van der Waals surface area contributed by atoms with Gasteiger partial charge in [0.2, 0.25) is 0 Å². The number of phenolic OH excluding ortho intramolecular Hbond substituents is 1. The molecule has 0 aliphatic rings. The number of hydrogen-bond donors (Lipinski definition) is 2. The van der Waals surface area contributed by atoms with Crippen LogP contribution in [0, 0.1) is 0 Å². The van der Waals surface area contributed by atoms with Gasteiger partial charge in [-0.2, -0.15) is 0 Å². The van der Waals surface area contributed by atoms with Crippen LogP contribution in [0.25, 0.3) is 0 Å². The molecule has 1 amide bonds. The van der Waals surface area contributed by atoms with E-state index in [0.717, 1.165) is 0 Å². The Morgan fingerprint density at radius 1 is 1.53 bits per heavy atom. The minimum absolute atomic E-state index is 0.0397. The molecule has 0 saturated heterocycles. The summed E-state index contributed by atoms with van der Waals surface area (Å²) in [6.07, 6.45) is 0. The fourth-order valence-electron chi connectivity index (χ4n) is 1.56. The van der Waals surface area contributed by atoms with Crippen LogP contribution in [0.1, 0.15) is 17.3 Å². The molecule has 0 radical (unpaired) electrons. The highest BCUT2D eigenvalue weighted by molar-refractivity contribution is 5.94. The lowest BCUT2D eigenvalue weighted by Gasteiger charge is -2.20. The van der Waals surface area contributed by atoms with Gasteiger partial charge in [0.15, 0.2) is 11.5 Å². The number of likely N-dealkylation sites (N-methyl/N-ethyl adjacent to an activating group) is 1. The van der Waals surface area contributed by atoms with Crippen molar-refractivity contribution in [1.29, 1.82) is 0 Å². The molecule has 0 aromatic heterocycles. The van der Waals surface area contributed by atoms with Crippen LogP contribution in [0.15, 0.2) is 18.2 Å². The number of amides is 1. The summed E-state index contributed by atoms with van der Waals surface area (Å²) in [6, 6.07) is 4.60. The molecular formula is C12H18N2O3. The predicted octanol–water partition coefficient (Wildman–Crippen LogP) is 0.822. The van der Waals surface area contributed by atoms with Gasteiger partial charge in [0.05, 0.1) is 7.11 Å². The molecule has 0 spiro atoms. The normalized spacial score (nSPS) is 10.1. The molecule has 5 nitrogen and oxygen atoms in total. The monoisotopic (exact) mass is 238 g/mol. The molecule has 0 aliphatic carbocycles. The zero-order chi connectivity index (χ0) is 12.8. The topological polar surface area (TPSA) is 75.8 Å². The van der Waals surface area contributed by atoms with E-state index in [0.29, 0.717) is 30.9 Å². The standard InChI is InChI=1S/C12H18N2O3/c1-3-14(7-6-13)12(16)9-4-5-11(17-2)10(15)8-9/h4-5,8,15H,3,6-7,13H2,1-2H3. The van der Waals surface area contributed by atoms with Crippen LogP contribution in [0.3, 0.4) is 0 Å². The van der Waals surface area contributed by atoms with Gasteiger partial charge in [-0.05, 0) is 25.1 Å². The summed E-state index contributed by atoms with van der Waals surface area (Å²) in [4.78, 5) is 13.7. The molecule has 0 aliphatic heterocycles. The number of nitrogens with zero attached hydrogens (tertiary/aromatic N) is 1. The Hall–Kier alpha value is -1.75. The molecule has 0 atom stereocenters. The molecule has 94 valence electrons. The number of rotatable bonds is 5. The van der Waals surface area contributed by atoms with E-state index in [9.17, 15) is 9.90 Å². The lowest BCUT2D eigenvalue weighted by molar-refractivity contribution is 0.0768. The van der Waals surface area contributed by atoms with E-state index in [1.165, 1.54) is 13.2 Å². The maximum absolute atomic E-state index is 12.0. The molecule has 0 heterocycles. The van der Waals surface area contributed by atoms with Crippen LogP contribution < -0.4 is 10.5 Å². The second-order valence-electron chi connectivity index (χ2n) is 3.56. The first-order valence-corrected chi connectivity index (χ1v) is 5.50. The van der Waals surface area contributed by atoms with Crippen LogP contribution >= 0.6 is 0 Å². The Labute approximate surface area is 101 Å². The van der Waals surface area contributed by atoms with E-state index in [1.807, 2.05) is 6.92 Å². The Kier molecular flexibility index (Phi) is 4.78. The molecule has 17 heavy (non-hydrogen) atoms. The van der Waals surface area contributed by atoms with E-state index >= 15 is 0 Å². The number of hydrogen-bond acceptors (Lipinski definition) is 4. The van der Waals surface area contributed by atoms with Crippen molar-refractivity contribution in [3.8, 4) is 11.5 Å². The van der Waals surface area contributed by atoms with Crippen LogP contribution in [0.4, 0.5) is 0 Å². The quantitative estimate of drug-likeness (QED) is 0.796. The summed E-state index contributed by atoms with van der Waals surface area (Å²) in [5.41, 5.74) is 5.86. The Morgan fingerprint density at radius 3 is 2.71 bits per heavy atom. The fraction of sp³-hybridized carbons (Fsp3) is 0.417. The van der Waals surface area contributed by atoms with Crippen molar-refractivity contribution in [2.75, 3.05) is 26.7 Å². The molecule has 0 bridgehead atoms. The molecule has 1 rings (SSSR count). The fourth-order valence-corrected chi connectivity index (χ4v) is 1.56. The first-order valence-electron chi connectivity index (χ1n) is 5.50. The number of benzene rings is 1. The molecule has 3 N–H and O–H groups in total. The zero-order valence-corrected chi connectivity index (χ0v) is 10.1. The number of aromatic hydroxyl groups is 1. The molecule has 1 aromatic rings. The predicted molar refractivity (Wildman–Crippen MR) is 65.3 cm³/mol. The smallest absolute Gasteiger partial charge is 0.254 e. The van der Waals surface area contributed by atoms with E-state index in [4.69, 9.17) is 10.5 Å². The lowest BCUT2D eigenvalue weighted by Crippen LogP contribution is -2.35. The first kappa shape index (κ1) is 13.3. The van der Waals surface area contributed by atoms with Crippen molar-refractivity contribution in [3.05, 3.63) is 23.8 Å². The Bertz CT molecular complexity index is 393. The number of phenols is 1. The van der Waals surface area contributed by atoms with Gasteiger partial charge in [-0.1, -0.05) is 0 Å². The van der Waals surface area contributed by atoms with Gasteiger partial charge in [0.1, 0.15) is 0 Å². The zero-order valence-electron chi connectivity index (χ0n) is 10.1. The summed E-state index contributed by atoms with van der Waals surface area (Å²) in [5.74, 6) is 0.168. The molecule has 0 saturated carbocycles. The van der Waals surface area contributed by atoms with Crippen LogP contribution in [0.2, 0.25) is 0 Å². The molecule has 1 aromatic carbocycles. The minimum atomic E-state index is -0.143. The van der Waals surface area contributed by atoms with Gasteiger partial charge >= 0.3 is 0 Å². The van der Waals surface area contributed by atoms with Crippen LogP contribution in [-0.4, -0.2) is 42.7 Å². The highest BCUT2D eigenvalue weighted by Gasteiger charge is 2.15. The second-order valence-corrected chi connectivity index (χ2v) is 3.56. The summed E-state index contributed by atoms with van der Waals surface area (Å²) in [6.45, 7) is 3.39. The number of carbonyl (C=O) groups is 1. The van der Waals surface area contributed by atoms with E-state index in [2.05, 4.69) is 0 Å². The van der Waals surface area contributed by atoms with Crippen molar-refractivity contribution < 1.29 is 14.6 Å². The SMILES string of the molecule is CCN(CCN)C(=O)c1ccc(OC)c(O)c1. The maximum atomic E-state index is 12.0. The third-order valence-electron chi connectivity index (χ3n) is 2.49. The van der Waals surface area contributed by atoms with Crippen LogP contribution in [-0.2, 0) is 0 Å². The highest BCUT2D eigenvalue weighted by Crippen LogP contribution is 2.26. The summed E-state index contributed by atoms with van der Waals surface area (Å²) < 4.78 is 4.92. The molecule has 0 fully saturated rings. The number of ether oxygens (including phenoxy) is 1. The third-order valence-corrected chi connectivity index (χ3v) is 2.49. The Balaban J connectivity index is 2.92. The van der Waals surface area contributed by atoms with Gasteiger partial charge < -0.3 is 20.5 Å². The average Bonchev–Trinajstić information content (AvgIpc) is 2.35. The van der Waals surface area contributed by atoms with Crippen molar-refractivity contribution >= 4 is 5.91 Å². The van der Waals surface area contributed by atoms with Crippen molar-refractivity contribution in [3.63, 3.8) is 0 Å². The highest BCUT2D eigenvalue weighted by atomic mass is 16.5. The minimum Gasteiger partial charge on any atom is -0.504 e.